The predicted octanol–water partition coefficient (Wildman–Crippen LogP) is 4.96. The van der Waals surface area contributed by atoms with Crippen molar-refractivity contribution in [3.63, 3.8) is 0 Å². The predicted molar refractivity (Wildman–Crippen MR) is 94.3 cm³/mol. The monoisotopic (exact) mass is 365 g/mol. The number of anilines is 1. The average molecular weight is 366 g/mol. The molecule has 0 radical (unpaired) electrons. The van der Waals surface area contributed by atoms with Gasteiger partial charge >= 0.3 is 0 Å². The zero-order chi connectivity index (χ0) is 17.3. The molecule has 3 aromatic rings. The Bertz CT molecular complexity index is 926. The van der Waals surface area contributed by atoms with E-state index in [0.717, 1.165) is 5.39 Å². The Balaban J connectivity index is 1.92. The molecule has 0 aliphatic heterocycles. The van der Waals surface area contributed by atoms with Gasteiger partial charge in [0.2, 0.25) is 0 Å². The van der Waals surface area contributed by atoms with E-state index in [1.54, 1.807) is 24.3 Å². The molecular weight excluding hydrogens is 353 g/mol. The summed E-state index contributed by atoms with van der Waals surface area (Å²) in [5.74, 6) is 0.219. The molecule has 1 N–H and O–H groups in total. The van der Waals surface area contributed by atoms with Crippen LogP contribution in [0.5, 0.6) is 11.5 Å². The lowest BCUT2D eigenvalue weighted by Crippen LogP contribution is -2.11. The van der Waals surface area contributed by atoms with Crippen LogP contribution in [0.1, 0.15) is 9.67 Å². The molecule has 24 heavy (non-hydrogen) atoms. The summed E-state index contributed by atoms with van der Waals surface area (Å²) in [6.07, 6.45) is 0. The van der Waals surface area contributed by atoms with Crippen LogP contribution >= 0.6 is 22.9 Å². The number of halogens is 2. The average Bonchev–Trinajstić information content (AvgIpc) is 2.98. The van der Waals surface area contributed by atoms with Crippen LogP contribution in [0.15, 0.2) is 36.4 Å². The fraction of sp³-hybridized carbons (Fsp3) is 0.118. The normalized spacial score (nSPS) is 10.7. The number of nitrogens with one attached hydrogen (secondary N) is 1. The minimum Gasteiger partial charge on any atom is -0.495 e. The van der Waals surface area contributed by atoms with Gasteiger partial charge in [-0.05, 0) is 29.7 Å². The highest BCUT2D eigenvalue weighted by atomic mass is 35.5. The highest BCUT2D eigenvalue weighted by Gasteiger charge is 2.15. The summed E-state index contributed by atoms with van der Waals surface area (Å²) in [5.41, 5.74) is 0.428. The van der Waals surface area contributed by atoms with E-state index in [-0.39, 0.29) is 11.7 Å². The first-order valence-electron chi connectivity index (χ1n) is 6.94. The van der Waals surface area contributed by atoms with Crippen LogP contribution in [0.4, 0.5) is 10.1 Å². The van der Waals surface area contributed by atoms with Gasteiger partial charge in [-0.25, -0.2) is 4.39 Å². The molecule has 0 bridgehead atoms. The molecule has 1 amide bonds. The van der Waals surface area contributed by atoms with E-state index in [1.165, 1.54) is 37.7 Å². The molecule has 124 valence electrons. The van der Waals surface area contributed by atoms with Crippen LogP contribution in [0.25, 0.3) is 10.1 Å². The fourth-order valence-electron chi connectivity index (χ4n) is 2.26. The number of carbonyl (C=O) groups excluding carboxylic acids is 1. The van der Waals surface area contributed by atoms with Gasteiger partial charge in [0.05, 0.1) is 29.8 Å². The lowest BCUT2D eigenvalue weighted by Gasteiger charge is -2.12. The van der Waals surface area contributed by atoms with Crippen LogP contribution in [-0.2, 0) is 0 Å². The molecule has 0 fully saturated rings. The van der Waals surface area contributed by atoms with Gasteiger partial charge in [-0.15, -0.1) is 11.3 Å². The topological polar surface area (TPSA) is 47.6 Å². The van der Waals surface area contributed by atoms with Crippen molar-refractivity contribution >= 4 is 44.6 Å². The Labute approximate surface area is 146 Å². The van der Waals surface area contributed by atoms with Crippen LogP contribution in [0, 0.1) is 5.82 Å². The number of ether oxygens (including phenoxy) is 2. The van der Waals surface area contributed by atoms with E-state index < -0.39 is 0 Å². The molecule has 0 unspecified atom stereocenters. The molecule has 0 saturated heterocycles. The van der Waals surface area contributed by atoms with E-state index in [2.05, 4.69) is 5.32 Å². The summed E-state index contributed by atoms with van der Waals surface area (Å²) in [5, 5.41) is 3.92. The van der Waals surface area contributed by atoms with Gasteiger partial charge in [-0.3, -0.25) is 4.79 Å². The van der Waals surface area contributed by atoms with Gasteiger partial charge < -0.3 is 14.8 Å². The molecule has 0 atom stereocenters. The Morgan fingerprint density at radius 2 is 1.88 bits per heavy atom. The Morgan fingerprint density at radius 3 is 2.58 bits per heavy atom. The highest BCUT2D eigenvalue weighted by molar-refractivity contribution is 7.20. The number of hydrogen-bond acceptors (Lipinski definition) is 4. The third-order valence-corrected chi connectivity index (χ3v) is 4.82. The molecule has 7 heteroatoms. The number of amides is 1. The van der Waals surface area contributed by atoms with E-state index in [4.69, 9.17) is 21.1 Å². The lowest BCUT2D eigenvalue weighted by atomic mass is 10.2. The molecule has 0 spiro atoms. The molecule has 4 nitrogen and oxygen atoms in total. The Morgan fingerprint density at radius 1 is 1.12 bits per heavy atom. The zero-order valence-electron chi connectivity index (χ0n) is 12.9. The third kappa shape index (κ3) is 3.16. The van der Waals surface area contributed by atoms with Crippen molar-refractivity contribution in [2.75, 3.05) is 19.5 Å². The summed E-state index contributed by atoms with van der Waals surface area (Å²) in [7, 11) is 2.98. The zero-order valence-corrected chi connectivity index (χ0v) is 14.4. The number of carbonyl (C=O) groups is 1. The van der Waals surface area contributed by atoms with Crippen molar-refractivity contribution in [3.8, 4) is 11.5 Å². The molecular formula is C17H13ClFNO3S. The maximum atomic E-state index is 13.3. The summed E-state index contributed by atoms with van der Waals surface area (Å²) in [6, 6.07) is 9.28. The van der Waals surface area contributed by atoms with Gasteiger partial charge in [-0.2, -0.15) is 0 Å². The number of thiophene rings is 1. The first kappa shape index (κ1) is 16.5. The van der Waals surface area contributed by atoms with Crippen molar-refractivity contribution in [1.29, 1.82) is 0 Å². The van der Waals surface area contributed by atoms with Crippen molar-refractivity contribution in [3.05, 3.63) is 52.1 Å². The van der Waals surface area contributed by atoms with Crippen molar-refractivity contribution < 1.29 is 18.7 Å². The number of fused-ring (bicyclic) bond motifs is 1. The quantitative estimate of drug-likeness (QED) is 0.710. The maximum absolute atomic E-state index is 13.3. The van der Waals surface area contributed by atoms with Gasteiger partial charge in [0.1, 0.15) is 17.3 Å². The second-order valence-electron chi connectivity index (χ2n) is 4.93. The second kappa shape index (κ2) is 6.67. The number of benzene rings is 2. The van der Waals surface area contributed by atoms with E-state index in [1.807, 2.05) is 0 Å². The van der Waals surface area contributed by atoms with Crippen molar-refractivity contribution in [2.45, 2.75) is 0 Å². The number of methoxy groups -OCH3 is 2. The molecule has 2 aromatic carbocycles. The Hall–Kier alpha value is -2.31. The lowest BCUT2D eigenvalue weighted by molar-refractivity contribution is 0.103. The van der Waals surface area contributed by atoms with E-state index in [0.29, 0.717) is 31.8 Å². The molecule has 0 aliphatic rings. The largest absolute Gasteiger partial charge is 0.495 e. The second-order valence-corrected chi connectivity index (χ2v) is 6.42. The summed E-state index contributed by atoms with van der Waals surface area (Å²) < 4.78 is 24.4. The molecule has 0 saturated carbocycles. The van der Waals surface area contributed by atoms with E-state index in [9.17, 15) is 9.18 Å². The minimum atomic E-state index is -0.333. The SMILES string of the molecule is COc1cc(OC)c(NC(=O)c2cc3ccc(F)cc3s2)cc1Cl. The molecule has 0 aliphatic carbocycles. The summed E-state index contributed by atoms with van der Waals surface area (Å²) in [6.45, 7) is 0. The van der Waals surface area contributed by atoms with Crippen LogP contribution in [0.3, 0.4) is 0 Å². The van der Waals surface area contributed by atoms with Gasteiger partial charge in [0.15, 0.2) is 0 Å². The third-order valence-electron chi connectivity index (χ3n) is 3.43. The van der Waals surface area contributed by atoms with Crippen LogP contribution in [0.2, 0.25) is 5.02 Å². The first-order chi connectivity index (χ1) is 11.5. The van der Waals surface area contributed by atoms with Crippen molar-refractivity contribution in [1.82, 2.24) is 0 Å². The van der Waals surface area contributed by atoms with Gasteiger partial charge in [0, 0.05) is 10.8 Å². The maximum Gasteiger partial charge on any atom is 0.265 e. The molecule has 1 heterocycles. The van der Waals surface area contributed by atoms with E-state index >= 15 is 0 Å². The fourth-order valence-corrected chi connectivity index (χ4v) is 3.48. The smallest absolute Gasteiger partial charge is 0.265 e. The summed E-state index contributed by atoms with van der Waals surface area (Å²) >= 11 is 7.31. The van der Waals surface area contributed by atoms with Crippen molar-refractivity contribution in [2.24, 2.45) is 0 Å². The summed E-state index contributed by atoms with van der Waals surface area (Å²) in [4.78, 5) is 12.9. The van der Waals surface area contributed by atoms with Gasteiger partial charge in [0.25, 0.3) is 5.91 Å². The van der Waals surface area contributed by atoms with Crippen LogP contribution in [-0.4, -0.2) is 20.1 Å². The number of hydrogen-bond donors (Lipinski definition) is 1. The minimum absolute atomic E-state index is 0.323. The Kier molecular flexibility index (Phi) is 4.59. The first-order valence-corrected chi connectivity index (χ1v) is 8.13. The molecule has 3 rings (SSSR count). The highest BCUT2D eigenvalue weighted by Crippen LogP contribution is 2.36. The van der Waals surface area contributed by atoms with Crippen LogP contribution < -0.4 is 14.8 Å². The molecule has 1 aromatic heterocycles. The standard InChI is InChI=1S/C17H13ClFNO3S/c1-22-13-8-14(23-2)12(7-11(13)18)20-17(21)16-5-9-3-4-10(19)6-15(9)24-16/h3-8H,1-2H3,(H,20,21). The van der Waals surface area contributed by atoms with Gasteiger partial charge in [-0.1, -0.05) is 17.7 Å². The number of rotatable bonds is 4.